The Kier molecular flexibility index (Phi) is 8.40. The summed E-state index contributed by atoms with van der Waals surface area (Å²) in [6, 6.07) is 0. The Morgan fingerprint density at radius 2 is 1.00 bits per heavy atom. The van der Waals surface area contributed by atoms with E-state index in [2.05, 4.69) is 20.4 Å². The smallest absolute Gasteiger partial charge is 0.377 e. The topological polar surface area (TPSA) is 126 Å². The van der Waals surface area contributed by atoms with E-state index in [-0.39, 0.29) is 59.1 Å². The van der Waals surface area contributed by atoms with Gasteiger partial charge < -0.3 is 10.2 Å². The summed E-state index contributed by atoms with van der Waals surface area (Å²) in [6.07, 6.45) is 0. The minimum absolute atomic E-state index is 0. The van der Waals surface area contributed by atoms with Crippen molar-refractivity contribution in [1.29, 1.82) is 0 Å². The first-order valence-electron chi connectivity index (χ1n) is 2.65. The fourth-order valence-electron chi connectivity index (χ4n) is 0.401. The van der Waals surface area contributed by atoms with Gasteiger partial charge in [-0.1, -0.05) is 0 Å². The minimum atomic E-state index is -1.41. The summed E-state index contributed by atoms with van der Waals surface area (Å²) in [7, 11) is 0. The molecule has 0 atom stereocenters. The zero-order valence-electron chi connectivity index (χ0n) is 7.50. The summed E-state index contributed by atoms with van der Waals surface area (Å²) in [5.74, 6) is -4.10. The van der Waals surface area contributed by atoms with E-state index in [1.807, 2.05) is 0 Å². The Bertz CT molecular complexity index is 296. The number of aromatic nitrogens is 4. The van der Waals surface area contributed by atoms with E-state index < -0.39 is 23.6 Å². The molecule has 0 aromatic carbocycles. The summed E-state index contributed by atoms with van der Waals surface area (Å²) in [5.41, 5.74) is 0. The van der Waals surface area contributed by atoms with Gasteiger partial charge in [0.2, 0.25) is 0 Å². The molecule has 1 aromatic rings. The van der Waals surface area contributed by atoms with Crippen molar-refractivity contribution >= 4 is 71.1 Å². The van der Waals surface area contributed by atoms with Crippen LogP contribution < -0.4 is 0 Å². The number of rotatable bonds is 2. The fraction of sp³-hybridized carbons (Fsp3) is 0. The minimum Gasteiger partial charge on any atom is -0.475 e. The van der Waals surface area contributed by atoms with Crippen molar-refractivity contribution in [3.8, 4) is 0 Å². The molecule has 1 heterocycles. The van der Waals surface area contributed by atoms with Crippen molar-refractivity contribution in [3.63, 3.8) is 0 Å². The van der Waals surface area contributed by atoms with Gasteiger partial charge in [0.25, 0.3) is 11.6 Å². The van der Waals surface area contributed by atoms with E-state index >= 15 is 0 Å². The monoisotopic (exact) mass is 216 g/mol. The maximum Gasteiger partial charge on any atom is 0.377 e. The molecule has 0 fully saturated rings. The number of aromatic carboxylic acids is 2. The first-order valence-corrected chi connectivity index (χ1v) is 2.65. The maximum absolute atomic E-state index is 10.1. The second kappa shape index (κ2) is 7.21. The number of hydrogen-bond donors (Lipinski definition) is 2. The van der Waals surface area contributed by atoms with Crippen LogP contribution >= 0.6 is 0 Å². The number of hydrogen-bond acceptors (Lipinski definition) is 6. The number of nitrogens with zero attached hydrogens (tertiary/aromatic N) is 4. The molecular formula is C4H2N4Na2O4. The molecule has 2 radical (unpaired) electrons. The first kappa shape index (κ1) is 16.3. The van der Waals surface area contributed by atoms with Gasteiger partial charge in [-0.05, 0) is 0 Å². The van der Waals surface area contributed by atoms with Gasteiger partial charge in [-0.2, -0.15) is 0 Å². The molecule has 64 valence electrons. The molecule has 0 aliphatic rings. The molecule has 0 aliphatic heterocycles. The molecule has 0 spiro atoms. The molecule has 0 aliphatic carbocycles. The van der Waals surface area contributed by atoms with Gasteiger partial charge >= 0.3 is 11.9 Å². The molecule has 8 nitrogen and oxygen atoms in total. The van der Waals surface area contributed by atoms with Crippen molar-refractivity contribution < 1.29 is 19.8 Å². The van der Waals surface area contributed by atoms with E-state index in [1.54, 1.807) is 0 Å². The van der Waals surface area contributed by atoms with Crippen LogP contribution in [0.15, 0.2) is 0 Å². The van der Waals surface area contributed by atoms with Gasteiger partial charge in [0.05, 0.1) is 0 Å². The number of carboxylic acids is 2. The zero-order valence-corrected chi connectivity index (χ0v) is 11.5. The van der Waals surface area contributed by atoms with Crippen molar-refractivity contribution in [1.82, 2.24) is 20.4 Å². The van der Waals surface area contributed by atoms with Crippen LogP contribution in [0.25, 0.3) is 0 Å². The van der Waals surface area contributed by atoms with Crippen LogP contribution in [-0.4, -0.2) is 102 Å². The molecule has 14 heavy (non-hydrogen) atoms. The Balaban J connectivity index is 0. The van der Waals surface area contributed by atoms with E-state index in [4.69, 9.17) is 10.2 Å². The normalized spacial score (nSPS) is 8.00. The Labute approximate surface area is 122 Å². The summed E-state index contributed by atoms with van der Waals surface area (Å²) in [6.45, 7) is 0. The second-order valence-corrected chi connectivity index (χ2v) is 1.66. The third-order valence-corrected chi connectivity index (χ3v) is 0.861. The molecule has 0 saturated heterocycles. The summed E-state index contributed by atoms with van der Waals surface area (Å²) < 4.78 is 0. The van der Waals surface area contributed by atoms with Crippen LogP contribution in [-0.2, 0) is 0 Å². The predicted octanol–water partition coefficient (Wildman–Crippen LogP) is -2.10. The molecule has 0 bridgehead atoms. The van der Waals surface area contributed by atoms with Gasteiger partial charge in [-0.25, -0.2) is 9.59 Å². The van der Waals surface area contributed by atoms with Gasteiger partial charge in [0.1, 0.15) is 0 Å². The van der Waals surface area contributed by atoms with Crippen molar-refractivity contribution in [2.45, 2.75) is 0 Å². The summed E-state index contributed by atoms with van der Waals surface area (Å²) in [5, 5.41) is 28.5. The van der Waals surface area contributed by atoms with Crippen LogP contribution in [0, 0.1) is 0 Å². The van der Waals surface area contributed by atoms with E-state index in [0.29, 0.717) is 0 Å². The molecule has 1 aromatic heterocycles. The van der Waals surface area contributed by atoms with Crippen LogP contribution in [0.5, 0.6) is 0 Å². The fourth-order valence-corrected chi connectivity index (χ4v) is 0.401. The van der Waals surface area contributed by atoms with Crippen LogP contribution in [0.4, 0.5) is 0 Å². The molecule has 1 rings (SSSR count). The SMILES string of the molecule is O=C(O)c1nnc(C(=O)O)nn1.[Na].[Na]. The third kappa shape index (κ3) is 4.40. The van der Waals surface area contributed by atoms with Crippen molar-refractivity contribution in [2.24, 2.45) is 0 Å². The standard InChI is InChI=1S/C4H2N4O4.2Na/c9-3(10)1-5-7-2(4(11)12)8-6-1;;/h(H,9,10)(H,11,12);;. The molecule has 0 amide bonds. The van der Waals surface area contributed by atoms with Gasteiger partial charge in [0, 0.05) is 59.1 Å². The Morgan fingerprint density at radius 3 is 1.14 bits per heavy atom. The molecule has 0 saturated carbocycles. The maximum atomic E-state index is 10.1. The number of carbonyl (C=O) groups is 2. The van der Waals surface area contributed by atoms with Gasteiger partial charge in [-0.3, -0.25) is 0 Å². The van der Waals surface area contributed by atoms with Crippen LogP contribution in [0.3, 0.4) is 0 Å². The van der Waals surface area contributed by atoms with Gasteiger partial charge in [0.15, 0.2) is 0 Å². The molecular weight excluding hydrogens is 214 g/mol. The van der Waals surface area contributed by atoms with E-state index in [9.17, 15) is 9.59 Å². The zero-order chi connectivity index (χ0) is 9.14. The molecule has 0 unspecified atom stereocenters. The quantitative estimate of drug-likeness (QED) is 0.538. The Morgan fingerprint density at radius 1 is 0.786 bits per heavy atom. The van der Waals surface area contributed by atoms with Gasteiger partial charge in [-0.15, -0.1) is 20.4 Å². The Hall–Kier alpha value is -0.120. The van der Waals surface area contributed by atoms with E-state index in [0.717, 1.165) is 0 Å². The number of carboxylic acid groups (broad SMARTS) is 2. The summed E-state index contributed by atoms with van der Waals surface area (Å²) in [4.78, 5) is 20.3. The van der Waals surface area contributed by atoms with Crippen molar-refractivity contribution in [3.05, 3.63) is 11.6 Å². The van der Waals surface area contributed by atoms with Crippen LogP contribution in [0.2, 0.25) is 0 Å². The van der Waals surface area contributed by atoms with Crippen LogP contribution in [0.1, 0.15) is 21.2 Å². The third-order valence-electron chi connectivity index (χ3n) is 0.861. The first-order chi connectivity index (χ1) is 5.61. The second-order valence-electron chi connectivity index (χ2n) is 1.66. The average Bonchev–Trinajstić information content (AvgIpc) is 2.04. The average molecular weight is 216 g/mol. The molecule has 2 N–H and O–H groups in total. The van der Waals surface area contributed by atoms with Crippen molar-refractivity contribution in [2.75, 3.05) is 0 Å². The predicted molar refractivity (Wildman–Crippen MR) is 43.0 cm³/mol. The summed E-state index contributed by atoms with van der Waals surface area (Å²) >= 11 is 0. The largest absolute Gasteiger partial charge is 0.475 e. The van der Waals surface area contributed by atoms with E-state index in [1.165, 1.54) is 0 Å². The molecule has 10 heteroatoms.